The van der Waals surface area contributed by atoms with Gasteiger partial charge in [0.15, 0.2) is 6.10 Å². The number of aliphatic hydroxyl groups excluding tert-OH is 1. The van der Waals surface area contributed by atoms with Gasteiger partial charge in [0.25, 0.3) is 0 Å². The largest absolute Gasteiger partial charge is 0.470 e. The third-order valence-electron chi connectivity index (χ3n) is 5.41. The van der Waals surface area contributed by atoms with Crippen molar-refractivity contribution in [2.45, 2.75) is 58.4 Å². The molecule has 0 radical (unpaired) electrons. The molecule has 0 saturated carbocycles. The van der Waals surface area contributed by atoms with Crippen molar-refractivity contribution in [1.29, 1.82) is 0 Å². The quantitative estimate of drug-likeness (QED) is 0.114. The summed E-state index contributed by atoms with van der Waals surface area (Å²) in [7, 11) is -5.29. The maximum atomic E-state index is 12.8. The van der Waals surface area contributed by atoms with Crippen molar-refractivity contribution >= 4 is 31.4 Å². The summed E-state index contributed by atoms with van der Waals surface area (Å²) in [5, 5.41) is 10.8. The zero-order valence-electron chi connectivity index (χ0n) is 20.6. The monoisotopic (exact) mass is 543 g/mol. The highest BCUT2D eigenvalue weighted by atomic mass is 31.2. The lowest BCUT2D eigenvalue weighted by molar-refractivity contribution is -0.286. The lowest BCUT2D eigenvalue weighted by Crippen LogP contribution is -2.61. The normalized spacial score (nSPS) is 24.8. The van der Waals surface area contributed by atoms with Crippen LogP contribution in [0.1, 0.15) is 38.1 Å². The molecule has 13 nitrogen and oxygen atoms in total. The van der Waals surface area contributed by atoms with Gasteiger partial charge in [-0.3, -0.25) is 4.52 Å². The van der Waals surface area contributed by atoms with E-state index in [1.165, 1.54) is 44.2 Å². The second-order valence-electron chi connectivity index (χ2n) is 8.00. The van der Waals surface area contributed by atoms with Crippen LogP contribution in [0.2, 0.25) is 0 Å². The summed E-state index contributed by atoms with van der Waals surface area (Å²) in [5.41, 5.74) is 6.13. The Kier molecular flexibility index (Phi) is 10.6. The van der Waals surface area contributed by atoms with Crippen molar-refractivity contribution in [2.24, 2.45) is 0 Å². The lowest BCUT2D eigenvalue weighted by Gasteiger charge is -2.42. The van der Waals surface area contributed by atoms with Crippen LogP contribution in [0.15, 0.2) is 47.6 Å². The number of aliphatic hydroxyl groups is 1. The van der Waals surface area contributed by atoms with Gasteiger partial charge in [0.2, 0.25) is 6.29 Å². The summed E-state index contributed by atoms with van der Waals surface area (Å²) >= 11 is 0. The standard InChI is InChI=1S/C23H30NO12P/c1-5-12(3)20(26)32-11-16-17(25)18(36-37(29,30)31)19(34-21(27)13(4)6-2)23(33-16)35-22(28)14-9-7-8-10-15(14)24/h5-10,16-19,23,25H,11,24H2,1-4H3,(H2,29,30,31)/b12-5+,13-6+/t16-,17-,18+,19-,23+/m1/s1. The molecule has 0 aromatic heterocycles. The molecule has 1 aromatic carbocycles. The summed E-state index contributed by atoms with van der Waals surface area (Å²) in [6, 6.07) is 5.87. The van der Waals surface area contributed by atoms with Crippen LogP contribution in [0.5, 0.6) is 0 Å². The Morgan fingerprint density at radius 3 is 2.19 bits per heavy atom. The minimum Gasteiger partial charge on any atom is -0.459 e. The number of hydrogen-bond donors (Lipinski definition) is 4. The Labute approximate surface area is 213 Å². The molecule has 1 saturated heterocycles. The second-order valence-corrected chi connectivity index (χ2v) is 9.19. The van der Waals surface area contributed by atoms with Gasteiger partial charge in [-0.05, 0) is 39.8 Å². The molecular formula is C23H30NO12P. The molecule has 1 heterocycles. The highest BCUT2D eigenvalue weighted by Crippen LogP contribution is 2.42. The predicted molar refractivity (Wildman–Crippen MR) is 128 cm³/mol. The zero-order valence-corrected chi connectivity index (χ0v) is 21.5. The molecule has 1 aliphatic heterocycles. The van der Waals surface area contributed by atoms with E-state index >= 15 is 0 Å². The van der Waals surface area contributed by atoms with Crippen LogP contribution in [-0.2, 0) is 37.6 Å². The molecule has 1 aromatic rings. The van der Waals surface area contributed by atoms with Crippen LogP contribution in [0.25, 0.3) is 0 Å². The van der Waals surface area contributed by atoms with E-state index in [9.17, 15) is 33.8 Å². The molecule has 5 N–H and O–H groups in total. The van der Waals surface area contributed by atoms with Gasteiger partial charge in [0, 0.05) is 16.8 Å². The van der Waals surface area contributed by atoms with Crippen LogP contribution in [-0.4, -0.2) is 70.1 Å². The molecule has 0 amide bonds. The first kappa shape index (κ1) is 30.2. The Morgan fingerprint density at radius 1 is 1.03 bits per heavy atom. The maximum absolute atomic E-state index is 12.8. The van der Waals surface area contributed by atoms with Crippen LogP contribution in [0.3, 0.4) is 0 Å². The molecule has 14 heteroatoms. The molecule has 0 spiro atoms. The van der Waals surface area contributed by atoms with E-state index in [0.717, 1.165) is 0 Å². The number of phosphoric ester groups is 1. The van der Waals surface area contributed by atoms with Crippen molar-refractivity contribution < 1.29 is 57.3 Å². The van der Waals surface area contributed by atoms with E-state index in [1.54, 1.807) is 19.9 Å². The van der Waals surface area contributed by atoms with E-state index in [4.69, 9.17) is 29.2 Å². The summed E-state index contributed by atoms with van der Waals surface area (Å²) in [4.78, 5) is 56.3. The van der Waals surface area contributed by atoms with Gasteiger partial charge in [-0.2, -0.15) is 0 Å². The van der Waals surface area contributed by atoms with Crippen LogP contribution >= 0.6 is 7.82 Å². The van der Waals surface area contributed by atoms with Crippen LogP contribution < -0.4 is 5.73 Å². The third-order valence-corrected chi connectivity index (χ3v) is 5.93. The average Bonchev–Trinajstić information content (AvgIpc) is 2.84. The Hall–Kier alpha value is -3.06. The lowest BCUT2D eigenvalue weighted by atomic mass is 9.99. The molecule has 204 valence electrons. The van der Waals surface area contributed by atoms with Crippen molar-refractivity contribution in [3.8, 4) is 0 Å². The molecule has 37 heavy (non-hydrogen) atoms. The van der Waals surface area contributed by atoms with Gasteiger partial charge in [0.05, 0.1) is 5.56 Å². The number of allylic oxidation sites excluding steroid dienone is 2. The van der Waals surface area contributed by atoms with Gasteiger partial charge in [-0.15, -0.1) is 0 Å². The van der Waals surface area contributed by atoms with Gasteiger partial charge < -0.3 is 39.6 Å². The smallest absolute Gasteiger partial charge is 0.459 e. The zero-order chi connectivity index (χ0) is 27.9. The summed E-state index contributed by atoms with van der Waals surface area (Å²) in [5.74, 6) is -2.75. The maximum Gasteiger partial charge on any atom is 0.470 e. The highest BCUT2D eigenvalue weighted by molar-refractivity contribution is 7.46. The average molecular weight is 543 g/mol. The van der Waals surface area contributed by atoms with Gasteiger partial charge in [-0.1, -0.05) is 24.3 Å². The second kappa shape index (κ2) is 13.0. The fourth-order valence-corrected chi connectivity index (χ4v) is 3.66. The minimum absolute atomic E-state index is 0.0528. The molecule has 2 rings (SSSR count). The van der Waals surface area contributed by atoms with E-state index in [0.29, 0.717) is 0 Å². The van der Waals surface area contributed by atoms with Gasteiger partial charge >= 0.3 is 25.7 Å². The fourth-order valence-electron chi connectivity index (χ4n) is 3.10. The number of para-hydroxylation sites is 1. The summed E-state index contributed by atoms with van der Waals surface area (Å²) in [6.45, 7) is 5.40. The minimum atomic E-state index is -5.29. The number of phosphoric acid groups is 1. The molecule has 0 unspecified atom stereocenters. The Bertz CT molecular complexity index is 1110. The highest BCUT2D eigenvalue weighted by Gasteiger charge is 2.52. The Balaban J connectivity index is 2.46. The number of benzene rings is 1. The van der Waals surface area contributed by atoms with Crippen LogP contribution in [0, 0.1) is 0 Å². The number of esters is 3. The molecule has 0 bridgehead atoms. The number of rotatable bonds is 9. The number of hydrogen-bond acceptors (Lipinski definition) is 11. The predicted octanol–water partition coefficient (Wildman–Crippen LogP) is 1.38. The van der Waals surface area contributed by atoms with Crippen molar-refractivity contribution in [1.82, 2.24) is 0 Å². The van der Waals surface area contributed by atoms with Crippen molar-refractivity contribution in [3.63, 3.8) is 0 Å². The van der Waals surface area contributed by atoms with Gasteiger partial charge in [-0.25, -0.2) is 18.9 Å². The fraction of sp³-hybridized carbons (Fsp3) is 0.435. The number of carbonyl (C=O) groups excluding carboxylic acids is 3. The first-order valence-corrected chi connectivity index (χ1v) is 12.6. The molecule has 1 fully saturated rings. The van der Waals surface area contributed by atoms with Gasteiger partial charge in [0.1, 0.15) is 24.9 Å². The Morgan fingerprint density at radius 2 is 1.62 bits per heavy atom. The van der Waals surface area contributed by atoms with E-state index in [1.807, 2.05) is 0 Å². The third kappa shape index (κ3) is 8.22. The molecular weight excluding hydrogens is 513 g/mol. The SMILES string of the molecule is C/C=C(\C)C(=O)OC[C@H]1O[C@@H](OC(=O)c2ccccc2N)[C@H](OC(=O)/C(C)=C/C)[C@@H](OP(=O)(O)O)[C@@H]1O. The van der Waals surface area contributed by atoms with E-state index in [2.05, 4.69) is 0 Å². The number of ether oxygens (including phenoxy) is 4. The number of anilines is 1. The van der Waals surface area contributed by atoms with Crippen molar-refractivity contribution in [3.05, 3.63) is 53.1 Å². The number of nitrogens with two attached hydrogens (primary N) is 1. The number of carbonyl (C=O) groups is 3. The first-order valence-electron chi connectivity index (χ1n) is 11.1. The van der Waals surface area contributed by atoms with Crippen LogP contribution in [0.4, 0.5) is 5.69 Å². The first-order chi connectivity index (χ1) is 17.3. The molecule has 1 aliphatic rings. The summed E-state index contributed by atoms with van der Waals surface area (Å²) in [6.07, 6.45) is -6.18. The van der Waals surface area contributed by atoms with E-state index < -0.39 is 63.0 Å². The topological polar surface area (TPSA) is 201 Å². The molecule has 5 atom stereocenters. The van der Waals surface area contributed by atoms with Crippen molar-refractivity contribution in [2.75, 3.05) is 12.3 Å². The van der Waals surface area contributed by atoms with E-state index in [-0.39, 0.29) is 22.4 Å². The number of nitrogen functional groups attached to an aromatic ring is 1. The molecule has 0 aliphatic carbocycles. The summed E-state index contributed by atoms with van der Waals surface area (Å²) < 4.78 is 37.8.